The lowest BCUT2D eigenvalue weighted by Gasteiger charge is -2.13. The number of sulfonamides is 1. The molecule has 1 aromatic heterocycles. The van der Waals surface area contributed by atoms with Crippen LogP contribution in [0.5, 0.6) is 0 Å². The molecule has 2 aromatic rings. The van der Waals surface area contributed by atoms with Gasteiger partial charge >= 0.3 is 0 Å². The smallest absolute Gasteiger partial charge is 0.243 e. The predicted molar refractivity (Wildman–Crippen MR) is 86.4 cm³/mol. The van der Waals surface area contributed by atoms with Gasteiger partial charge in [0, 0.05) is 15.9 Å². The number of rotatable bonds is 4. The maximum absolute atomic E-state index is 12.4. The first-order valence-electron chi connectivity index (χ1n) is 5.90. The van der Waals surface area contributed by atoms with Gasteiger partial charge in [0.15, 0.2) is 0 Å². The van der Waals surface area contributed by atoms with Crippen molar-refractivity contribution in [3.8, 4) is 0 Å². The van der Waals surface area contributed by atoms with Gasteiger partial charge in [-0.1, -0.05) is 6.07 Å². The Hall–Kier alpha value is -0.890. The van der Waals surface area contributed by atoms with Gasteiger partial charge < -0.3 is 5.73 Å². The molecule has 0 saturated carbocycles. The van der Waals surface area contributed by atoms with Crippen LogP contribution < -0.4 is 10.5 Å². The zero-order valence-corrected chi connectivity index (χ0v) is 14.3. The highest BCUT2D eigenvalue weighted by Gasteiger charge is 2.21. The Morgan fingerprint density at radius 1 is 1.30 bits per heavy atom. The van der Waals surface area contributed by atoms with Crippen molar-refractivity contribution in [2.75, 3.05) is 5.73 Å². The Kier molecular flexibility index (Phi) is 4.53. The third kappa shape index (κ3) is 3.06. The number of nitrogens with two attached hydrogens (primary N) is 1. The molecule has 1 heterocycles. The second-order valence-corrected chi connectivity index (χ2v) is 8.00. The summed E-state index contributed by atoms with van der Waals surface area (Å²) < 4.78 is 28.4. The molecule has 7 heteroatoms. The molecule has 0 aliphatic heterocycles. The summed E-state index contributed by atoms with van der Waals surface area (Å²) in [7, 11) is -3.63. The minimum atomic E-state index is -3.63. The normalized spacial score (nSPS) is 11.8. The minimum absolute atomic E-state index is 0.171. The van der Waals surface area contributed by atoms with Crippen molar-refractivity contribution in [3.05, 3.63) is 44.1 Å². The Morgan fingerprint density at radius 2 is 2.00 bits per heavy atom. The number of anilines is 1. The van der Waals surface area contributed by atoms with Crippen LogP contribution >= 0.6 is 27.3 Å². The first-order valence-corrected chi connectivity index (χ1v) is 9.05. The molecule has 0 saturated heterocycles. The summed E-state index contributed by atoms with van der Waals surface area (Å²) in [6.07, 6.45) is 0. The Labute approximate surface area is 131 Å². The van der Waals surface area contributed by atoms with Crippen LogP contribution in [-0.2, 0) is 16.6 Å². The quantitative estimate of drug-likeness (QED) is 0.807. The molecule has 0 aliphatic rings. The number of benzene rings is 1. The maximum atomic E-state index is 12.4. The molecular formula is C13H15BrN2O2S2. The van der Waals surface area contributed by atoms with Gasteiger partial charge in [0.1, 0.15) is 4.90 Å². The Morgan fingerprint density at radius 3 is 2.60 bits per heavy atom. The summed E-state index contributed by atoms with van der Waals surface area (Å²) in [5, 5.41) is 1.90. The number of nitrogens with one attached hydrogen (secondary N) is 1. The highest BCUT2D eigenvalue weighted by Crippen LogP contribution is 2.27. The highest BCUT2D eigenvalue weighted by molar-refractivity contribution is 9.10. The van der Waals surface area contributed by atoms with E-state index in [0.717, 1.165) is 14.9 Å². The zero-order chi connectivity index (χ0) is 14.9. The van der Waals surface area contributed by atoms with Crippen LogP contribution in [0.2, 0.25) is 0 Å². The van der Waals surface area contributed by atoms with Gasteiger partial charge in [0.05, 0.1) is 5.69 Å². The third-order valence-corrected chi connectivity index (χ3v) is 6.62. The summed E-state index contributed by atoms with van der Waals surface area (Å²) >= 11 is 4.87. The number of aryl methyl sites for hydroxylation is 1. The van der Waals surface area contributed by atoms with Crippen molar-refractivity contribution >= 4 is 43.0 Å². The molecule has 20 heavy (non-hydrogen) atoms. The number of halogens is 1. The van der Waals surface area contributed by atoms with Gasteiger partial charge in [0.25, 0.3) is 0 Å². The third-order valence-electron chi connectivity index (χ3n) is 3.09. The van der Waals surface area contributed by atoms with Gasteiger partial charge in [-0.2, -0.15) is 0 Å². The lowest BCUT2D eigenvalue weighted by Crippen LogP contribution is -2.25. The Balaban J connectivity index is 2.32. The summed E-state index contributed by atoms with van der Waals surface area (Å²) in [6, 6.07) is 5.33. The SMILES string of the molecule is Cc1ccc(N)c(S(=O)(=O)NCc2sccc2Br)c1C. The first-order chi connectivity index (χ1) is 9.33. The largest absolute Gasteiger partial charge is 0.398 e. The van der Waals surface area contributed by atoms with Crippen LogP contribution in [0.4, 0.5) is 5.69 Å². The standard InChI is InChI=1S/C13H15BrN2O2S2/c1-8-3-4-11(15)13(9(8)2)20(17,18)16-7-12-10(14)5-6-19-12/h3-6,16H,7,15H2,1-2H3. The summed E-state index contributed by atoms with van der Waals surface area (Å²) in [4.78, 5) is 1.10. The predicted octanol–water partition coefficient (Wildman–Crippen LogP) is 3.19. The minimum Gasteiger partial charge on any atom is -0.398 e. The molecule has 0 fully saturated rings. The molecule has 0 spiro atoms. The van der Waals surface area contributed by atoms with E-state index in [0.29, 0.717) is 5.56 Å². The average molecular weight is 375 g/mol. The van der Waals surface area contributed by atoms with E-state index in [1.807, 2.05) is 24.4 Å². The molecule has 0 bridgehead atoms. The number of thiophene rings is 1. The van der Waals surface area contributed by atoms with Gasteiger partial charge in [-0.05, 0) is 58.4 Å². The summed E-state index contributed by atoms with van der Waals surface area (Å²) in [5.41, 5.74) is 7.68. The van der Waals surface area contributed by atoms with E-state index in [1.54, 1.807) is 13.0 Å². The van der Waals surface area contributed by atoms with Crippen molar-refractivity contribution < 1.29 is 8.42 Å². The van der Waals surface area contributed by atoms with Crippen LogP contribution in [-0.4, -0.2) is 8.42 Å². The first kappa shape index (κ1) is 15.5. The van der Waals surface area contributed by atoms with Gasteiger partial charge in [-0.15, -0.1) is 11.3 Å². The van der Waals surface area contributed by atoms with E-state index in [2.05, 4.69) is 20.7 Å². The number of nitrogen functional groups attached to an aromatic ring is 1. The van der Waals surface area contributed by atoms with Crippen LogP contribution in [0.3, 0.4) is 0 Å². The van der Waals surface area contributed by atoms with Gasteiger partial charge in [-0.3, -0.25) is 0 Å². The van der Waals surface area contributed by atoms with Crippen molar-refractivity contribution in [3.63, 3.8) is 0 Å². The van der Waals surface area contributed by atoms with E-state index in [9.17, 15) is 8.42 Å². The van der Waals surface area contributed by atoms with Crippen LogP contribution in [0.1, 0.15) is 16.0 Å². The number of hydrogen-bond donors (Lipinski definition) is 2. The monoisotopic (exact) mass is 374 g/mol. The molecule has 108 valence electrons. The molecule has 0 radical (unpaired) electrons. The van der Waals surface area contributed by atoms with Crippen molar-refractivity contribution in [2.45, 2.75) is 25.3 Å². The van der Waals surface area contributed by atoms with Crippen molar-refractivity contribution in [1.29, 1.82) is 0 Å². The van der Waals surface area contributed by atoms with Crippen molar-refractivity contribution in [1.82, 2.24) is 4.72 Å². The fourth-order valence-corrected chi connectivity index (χ4v) is 4.80. The topological polar surface area (TPSA) is 72.2 Å². The van der Waals surface area contributed by atoms with E-state index in [1.165, 1.54) is 11.3 Å². The van der Waals surface area contributed by atoms with Gasteiger partial charge in [-0.25, -0.2) is 13.1 Å². The molecule has 0 aliphatic carbocycles. The van der Waals surface area contributed by atoms with E-state index in [4.69, 9.17) is 5.73 Å². The molecular weight excluding hydrogens is 360 g/mol. The van der Waals surface area contributed by atoms with E-state index >= 15 is 0 Å². The lowest BCUT2D eigenvalue weighted by molar-refractivity contribution is 0.581. The second-order valence-electron chi connectivity index (χ2n) is 4.44. The van der Waals surface area contributed by atoms with Crippen LogP contribution in [0, 0.1) is 13.8 Å². The zero-order valence-electron chi connectivity index (χ0n) is 11.1. The lowest BCUT2D eigenvalue weighted by atomic mass is 10.1. The molecule has 1 aromatic carbocycles. The maximum Gasteiger partial charge on any atom is 0.243 e. The van der Waals surface area contributed by atoms with Crippen LogP contribution in [0.25, 0.3) is 0 Å². The summed E-state index contributed by atoms with van der Waals surface area (Å²) in [6.45, 7) is 3.87. The highest BCUT2D eigenvalue weighted by atomic mass is 79.9. The van der Waals surface area contributed by atoms with Crippen molar-refractivity contribution in [2.24, 2.45) is 0 Å². The average Bonchev–Trinajstić information content (AvgIpc) is 2.77. The fourth-order valence-electron chi connectivity index (χ4n) is 1.85. The molecule has 0 unspecified atom stereocenters. The Bertz CT molecular complexity index is 739. The molecule has 3 N–H and O–H groups in total. The molecule has 0 atom stereocenters. The molecule has 4 nitrogen and oxygen atoms in total. The number of hydrogen-bond acceptors (Lipinski definition) is 4. The van der Waals surface area contributed by atoms with E-state index < -0.39 is 10.0 Å². The molecule has 2 rings (SSSR count). The fraction of sp³-hybridized carbons (Fsp3) is 0.231. The summed E-state index contributed by atoms with van der Waals surface area (Å²) in [5.74, 6) is 0. The molecule has 0 amide bonds. The van der Waals surface area contributed by atoms with E-state index in [-0.39, 0.29) is 17.1 Å². The van der Waals surface area contributed by atoms with Gasteiger partial charge in [0.2, 0.25) is 10.0 Å². The second kappa shape index (κ2) is 5.85. The van der Waals surface area contributed by atoms with Crippen LogP contribution in [0.15, 0.2) is 32.9 Å².